The third kappa shape index (κ3) is 1.97. The van der Waals surface area contributed by atoms with Crippen molar-refractivity contribution in [3.05, 3.63) is 0 Å². The molecule has 4 heteroatoms. The highest BCUT2D eigenvalue weighted by molar-refractivity contribution is 5.68. The van der Waals surface area contributed by atoms with Gasteiger partial charge in [0.15, 0.2) is 0 Å². The van der Waals surface area contributed by atoms with Crippen LogP contribution in [0.25, 0.3) is 0 Å². The Kier molecular flexibility index (Phi) is 2.24. The van der Waals surface area contributed by atoms with Gasteiger partial charge in [-0.05, 0) is 12.8 Å². The molecule has 0 aromatic heterocycles. The van der Waals surface area contributed by atoms with Gasteiger partial charge in [0, 0.05) is 0 Å². The Labute approximate surface area is 58.4 Å². The van der Waals surface area contributed by atoms with Crippen molar-refractivity contribution < 1.29 is 19.7 Å². The Balaban J connectivity index is 2.00. The summed E-state index contributed by atoms with van der Waals surface area (Å²) in [6.45, 7) is -0.253. The zero-order valence-corrected chi connectivity index (χ0v) is 5.49. The molecule has 0 aromatic carbocycles. The summed E-state index contributed by atoms with van der Waals surface area (Å²) in [5.41, 5.74) is 0. The topological polar surface area (TPSA) is 66.8 Å². The number of hydrogen-bond donors (Lipinski definition) is 2. The quantitative estimate of drug-likeness (QED) is 0.569. The molecule has 1 rings (SSSR count). The summed E-state index contributed by atoms with van der Waals surface area (Å²) in [5, 5.41) is 16.9. The number of aliphatic carboxylic acids is 1. The van der Waals surface area contributed by atoms with E-state index in [0.717, 1.165) is 0 Å². The van der Waals surface area contributed by atoms with Gasteiger partial charge in [0.25, 0.3) is 0 Å². The van der Waals surface area contributed by atoms with Crippen LogP contribution in [-0.4, -0.2) is 35.0 Å². The van der Waals surface area contributed by atoms with E-state index in [1.165, 1.54) is 0 Å². The third-order valence-corrected chi connectivity index (χ3v) is 1.51. The summed E-state index contributed by atoms with van der Waals surface area (Å²) in [4.78, 5) is 9.94. The van der Waals surface area contributed by atoms with Crippen molar-refractivity contribution in [2.75, 3.05) is 6.61 Å². The highest BCUT2D eigenvalue weighted by Crippen LogP contribution is 2.22. The second-order valence-corrected chi connectivity index (χ2v) is 2.45. The van der Waals surface area contributed by atoms with Crippen LogP contribution in [0.5, 0.6) is 0 Å². The lowest BCUT2D eigenvalue weighted by Gasteiger charge is -2.30. The minimum absolute atomic E-state index is 0.0360. The normalized spacial score (nSPS) is 31.3. The van der Waals surface area contributed by atoms with Gasteiger partial charge in [-0.2, -0.15) is 0 Å². The van der Waals surface area contributed by atoms with Crippen LogP contribution in [-0.2, 0) is 9.53 Å². The minimum atomic E-state index is -0.957. The lowest BCUT2D eigenvalue weighted by Crippen LogP contribution is -2.36. The van der Waals surface area contributed by atoms with Gasteiger partial charge >= 0.3 is 5.97 Å². The Bertz CT molecular complexity index is 128. The lowest BCUT2D eigenvalue weighted by molar-refractivity contribution is -0.149. The minimum Gasteiger partial charge on any atom is -0.480 e. The SMILES string of the molecule is O=C(O)COC1CC(O)C1. The van der Waals surface area contributed by atoms with E-state index < -0.39 is 5.97 Å². The maximum Gasteiger partial charge on any atom is 0.329 e. The Hall–Kier alpha value is -0.610. The Morgan fingerprint density at radius 3 is 2.60 bits per heavy atom. The van der Waals surface area contributed by atoms with E-state index in [2.05, 4.69) is 0 Å². The standard InChI is InChI=1S/C6H10O4/c7-4-1-5(2-4)10-3-6(8)9/h4-5,7H,1-3H2,(H,8,9). The second kappa shape index (κ2) is 2.98. The predicted octanol–water partition coefficient (Wildman–Crippen LogP) is -0.389. The van der Waals surface area contributed by atoms with E-state index in [0.29, 0.717) is 12.8 Å². The van der Waals surface area contributed by atoms with Crippen molar-refractivity contribution in [3.63, 3.8) is 0 Å². The molecule has 1 fully saturated rings. The molecular weight excluding hydrogens is 136 g/mol. The van der Waals surface area contributed by atoms with Crippen molar-refractivity contribution in [1.82, 2.24) is 0 Å². The molecule has 0 aliphatic heterocycles. The van der Waals surface area contributed by atoms with Gasteiger partial charge < -0.3 is 14.9 Å². The summed E-state index contributed by atoms with van der Waals surface area (Å²) < 4.78 is 4.85. The van der Waals surface area contributed by atoms with Crippen molar-refractivity contribution in [2.24, 2.45) is 0 Å². The van der Waals surface area contributed by atoms with E-state index >= 15 is 0 Å². The van der Waals surface area contributed by atoms with Crippen LogP contribution < -0.4 is 0 Å². The molecule has 4 nitrogen and oxygen atoms in total. The third-order valence-electron chi connectivity index (χ3n) is 1.51. The molecule has 0 bridgehead atoms. The van der Waals surface area contributed by atoms with Crippen LogP contribution in [0.2, 0.25) is 0 Å². The monoisotopic (exact) mass is 146 g/mol. The van der Waals surface area contributed by atoms with E-state index in [1.807, 2.05) is 0 Å². The van der Waals surface area contributed by atoms with Gasteiger partial charge in [-0.15, -0.1) is 0 Å². The molecule has 1 aliphatic rings. The molecule has 0 atom stereocenters. The lowest BCUT2D eigenvalue weighted by atomic mass is 9.92. The van der Waals surface area contributed by atoms with E-state index in [4.69, 9.17) is 14.9 Å². The molecular formula is C6H10O4. The van der Waals surface area contributed by atoms with Crippen LogP contribution in [0, 0.1) is 0 Å². The molecule has 0 saturated heterocycles. The van der Waals surface area contributed by atoms with Crippen molar-refractivity contribution in [2.45, 2.75) is 25.0 Å². The molecule has 58 valence electrons. The average molecular weight is 146 g/mol. The summed E-state index contributed by atoms with van der Waals surface area (Å²) in [6.07, 6.45) is 0.838. The number of carboxylic acids is 1. The maximum atomic E-state index is 9.94. The molecule has 0 radical (unpaired) electrons. The van der Waals surface area contributed by atoms with Crippen LogP contribution in [0.3, 0.4) is 0 Å². The Morgan fingerprint density at radius 2 is 2.20 bits per heavy atom. The van der Waals surface area contributed by atoms with Crippen LogP contribution in [0.15, 0.2) is 0 Å². The second-order valence-electron chi connectivity index (χ2n) is 2.45. The van der Waals surface area contributed by atoms with Crippen LogP contribution in [0.1, 0.15) is 12.8 Å². The smallest absolute Gasteiger partial charge is 0.329 e. The molecule has 0 unspecified atom stereocenters. The molecule has 0 heterocycles. The largest absolute Gasteiger partial charge is 0.480 e. The number of aliphatic hydroxyl groups excluding tert-OH is 1. The van der Waals surface area contributed by atoms with Crippen LogP contribution >= 0.6 is 0 Å². The molecule has 10 heavy (non-hydrogen) atoms. The van der Waals surface area contributed by atoms with Gasteiger partial charge in [-0.25, -0.2) is 4.79 Å². The van der Waals surface area contributed by atoms with Gasteiger partial charge in [-0.1, -0.05) is 0 Å². The predicted molar refractivity (Wildman–Crippen MR) is 32.6 cm³/mol. The summed E-state index contributed by atoms with van der Waals surface area (Å²) in [6, 6.07) is 0. The van der Waals surface area contributed by atoms with E-state index in [9.17, 15) is 4.79 Å². The first-order valence-electron chi connectivity index (χ1n) is 3.20. The molecule has 1 aliphatic carbocycles. The average Bonchev–Trinajstić information content (AvgIpc) is 1.77. The van der Waals surface area contributed by atoms with Gasteiger partial charge in [0.1, 0.15) is 6.61 Å². The summed E-state index contributed by atoms with van der Waals surface area (Å²) >= 11 is 0. The summed E-state index contributed by atoms with van der Waals surface area (Å²) in [7, 11) is 0. The number of hydrogen-bond acceptors (Lipinski definition) is 3. The van der Waals surface area contributed by atoms with Gasteiger partial charge in [0.2, 0.25) is 0 Å². The Morgan fingerprint density at radius 1 is 1.60 bits per heavy atom. The van der Waals surface area contributed by atoms with Gasteiger partial charge in [-0.3, -0.25) is 0 Å². The number of carboxylic acid groups (broad SMARTS) is 1. The van der Waals surface area contributed by atoms with Crippen molar-refractivity contribution >= 4 is 5.97 Å². The highest BCUT2D eigenvalue weighted by atomic mass is 16.5. The summed E-state index contributed by atoms with van der Waals surface area (Å²) in [5.74, 6) is -0.957. The molecule has 0 aromatic rings. The highest BCUT2D eigenvalue weighted by Gasteiger charge is 2.28. The van der Waals surface area contributed by atoms with E-state index in [-0.39, 0.29) is 18.8 Å². The fourth-order valence-electron chi connectivity index (χ4n) is 0.863. The first kappa shape index (κ1) is 7.50. The molecule has 0 spiro atoms. The maximum absolute atomic E-state index is 9.94. The van der Waals surface area contributed by atoms with Crippen LogP contribution in [0.4, 0.5) is 0 Å². The first-order valence-corrected chi connectivity index (χ1v) is 3.20. The fraction of sp³-hybridized carbons (Fsp3) is 0.833. The molecule has 1 saturated carbocycles. The van der Waals surface area contributed by atoms with Gasteiger partial charge in [0.05, 0.1) is 12.2 Å². The molecule has 0 amide bonds. The molecule has 2 N–H and O–H groups in total. The number of ether oxygens (including phenoxy) is 1. The van der Waals surface area contributed by atoms with Crippen molar-refractivity contribution in [3.8, 4) is 0 Å². The number of rotatable bonds is 3. The number of carbonyl (C=O) groups is 1. The zero-order valence-electron chi connectivity index (χ0n) is 5.49. The zero-order chi connectivity index (χ0) is 7.56. The number of aliphatic hydroxyl groups is 1. The van der Waals surface area contributed by atoms with E-state index in [1.54, 1.807) is 0 Å². The fourth-order valence-corrected chi connectivity index (χ4v) is 0.863. The first-order chi connectivity index (χ1) is 4.68. The van der Waals surface area contributed by atoms with Crippen molar-refractivity contribution in [1.29, 1.82) is 0 Å².